The van der Waals surface area contributed by atoms with E-state index in [0.717, 1.165) is 28.7 Å². The predicted octanol–water partition coefficient (Wildman–Crippen LogP) is 9.00. The van der Waals surface area contributed by atoms with Crippen LogP contribution in [0.15, 0.2) is 84.9 Å². The van der Waals surface area contributed by atoms with E-state index < -0.39 is 40.5 Å². The average molecular weight is 595 g/mol. The third-order valence-corrected chi connectivity index (χ3v) is 8.53. The Morgan fingerprint density at radius 3 is 1.78 bits per heavy atom. The van der Waals surface area contributed by atoms with Gasteiger partial charge in [-0.15, -0.1) is 0 Å². The maximum atomic E-state index is 13.0. The van der Waals surface area contributed by atoms with Gasteiger partial charge >= 0.3 is 12.1 Å². The van der Waals surface area contributed by atoms with E-state index in [4.69, 9.17) is 4.74 Å². The van der Waals surface area contributed by atoms with Crippen LogP contribution in [-0.2, 0) is 9.84 Å². The van der Waals surface area contributed by atoms with Crippen molar-refractivity contribution in [2.24, 2.45) is 0 Å². The Hall–Kier alpha value is -3.20. The van der Waals surface area contributed by atoms with E-state index in [1.807, 2.05) is 60.7 Å². The lowest BCUT2D eigenvalue weighted by Gasteiger charge is -2.19. The van der Waals surface area contributed by atoms with Crippen molar-refractivity contribution >= 4 is 21.0 Å². The van der Waals surface area contributed by atoms with E-state index in [0.29, 0.717) is 25.2 Å². The number of halogens is 5. The fraction of sp³-hybridized carbons (Fsp3) is 0.375. The van der Waals surface area contributed by atoms with Gasteiger partial charge in [0.25, 0.3) is 0 Å². The Labute approximate surface area is 239 Å². The second kappa shape index (κ2) is 14.6. The number of unbranched alkanes of at least 4 members (excludes halogenated alkanes) is 2. The summed E-state index contributed by atoms with van der Waals surface area (Å²) in [6, 6.07) is 28.3. The smallest absolute Gasteiger partial charge is 0.453 e. The van der Waals surface area contributed by atoms with Crippen molar-refractivity contribution in [1.29, 1.82) is 0 Å². The zero-order chi connectivity index (χ0) is 29.9. The molecule has 3 nitrogen and oxygen atoms in total. The molecule has 0 atom stereocenters. The molecule has 0 aliphatic heterocycles. The number of rotatable bonds is 15. The lowest BCUT2D eigenvalue weighted by atomic mass is 9.88. The highest BCUT2D eigenvalue weighted by Gasteiger charge is 2.56. The summed E-state index contributed by atoms with van der Waals surface area (Å²) < 4.78 is 92.4. The van der Waals surface area contributed by atoms with Gasteiger partial charge in [-0.25, -0.2) is 8.42 Å². The summed E-state index contributed by atoms with van der Waals surface area (Å²) in [4.78, 5) is 0. The molecule has 222 valence electrons. The van der Waals surface area contributed by atoms with Gasteiger partial charge in [0.1, 0.15) is 15.6 Å². The monoisotopic (exact) mass is 594 g/mol. The molecule has 3 rings (SSSR count). The van der Waals surface area contributed by atoms with Crippen LogP contribution < -0.4 is 4.74 Å². The molecule has 0 saturated carbocycles. The molecule has 3 aromatic carbocycles. The van der Waals surface area contributed by atoms with Crippen molar-refractivity contribution in [3.63, 3.8) is 0 Å². The zero-order valence-corrected chi connectivity index (χ0v) is 23.8. The first-order chi connectivity index (χ1) is 19.4. The van der Waals surface area contributed by atoms with Crippen LogP contribution in [0.25, 0.3) is 11.1 Å². The molecule has 0 aromatic heterocycles. The van der Waals surface area contributed by atoms with Gasteiger partial charge in [-0.1, -0.05) is 79.7 Å². The Morgan fingerprint density at radius 1 is 0.683 bits per heavy atom. The third-order valence-electron chi connectivity index (χ3n) is 6.71. The van der Waals surface area contributed by atoms with Crippen LogP contribution in [0, 0.1) is 0 Å². The van der Waals surface area contributed by atoms with Crippen LogP contribution in [0.4, 0.5) is 22.0 Å². The molecule has 3 aromatic rings. The minimum atomic E-state index is -5.67. The minimum Gasteiger partial charge on any atom is -0.494 e. The van der Waals surface area contributed by atoms with Gasteiger partial charge in [-0.05, 0) is 72.1 Å². The van der Waals surface area contributed by atoms with Gasteiger partial charge in [0.05, 0.1) is 18.1 Å². The topological polar surface area (TPSA) is 43.4 Å². The molecule has 0 radical (unpaired) electrons. The largest absolute Gasteiger partial charge is 0.494 e. The lowest BCUT2D eigenvalue weighted by molar-refractivity contribution is -0.284. The molecule has 41 heavy (non-hydrogen) atoms. The molecule has 0 amide bonds. The number of ether oxygens (including phenoxy) is 1. The normalized spacial score (nSPS) is 13.1. The maximum Gasteiger partial charge on any atom is 0.453 e. The van der Waals surface area contributed by atoms with Gasteiger partial charge in [0, 0.05) is 6.42 Å². The van der Waals surface area contributed by atoms with Crippen LogP contribution in [0.3, 0.4) is 0 Å². The van der Waals surface area contributed by atoms with Crippen molar-refractivity contribution in [1.82, 2.24) is 0 Å². The summed E-state index contributed by atoms with van der Waals surface area (Å²) in [5.74, 6) is -5.14. The lowest BCUT2D eigenvalue weighted by Crippen LogP contribution is -2.36. The highest BCUT2D eigenvalue weighted by atomic mass is 32.2. The number of allylic oxidation sites excluding steroid dienone is 1. The summed E-state index contributed by atoms with van der Waals surface area (Å²) in [6.45, 7) is 2.50. The van der Waals surface area contributed by atoms with E-state index >= 15 is 0 Å². The molecular weight excluding hydrogens is 559 g/mol. The first-order valence-electron chi connectivity index (χ1n) is 13.7. The van der Waals surface area contributed by atoms with Gasteiger partial charge in [0.15, 0.2) is 0 Å². The van der Waals surface area contributed by atoms with E-state index in [1.165, 1.54) is 5.57 Å². The molecule has 0 spiro atoms. The quantitative estimate of drug-likeness (QED) is 0.100. The zero-order valence-electron chi connectivity index (χ0n) is 23.0. The minimum absolute atomic E-state index is 0.255. The molecule has 0 heterocycles. The first-order valence-corrected chi connectivity index (χ1v) is 15.5. The number of benzene rings is 3. The van der Waals surface area contributed by atoms with Crippen LogP contribution in [0.1, 0.15) is 62.1 Å². The number of hydrogen-bond donors (Lipinski definition) is 0. The third kappa shape index (κ3) is 9.69. The summed E-state index contributed by atoms with van der Waals surface area (Å²) >= 11 is 0. The number of sulfone groups is 1. The SMILES string of the molecule is CC/C(=C(\c1ccccc1)c1ccc(OCCCCCS(=O)(=O)CCCC(F)(F)C(F)(F)F)cc1)c1ccccc1. The van der Waals surface area contributed by atoms with Gasteiger partial charge in [-0.2, -0.15) is 22.0 Å². The number of hydrogen-bond acceptors (Lipinski definition) is 3. The molecule has 0 bridgehead atoms. The highest BCUT2D eigenvalue weighted by molar-refractivity contribution is 7.91. The van der Waals surface area contributed by atoms with Crippen LogP contribution >= 0.6 is 0 Å². The molecule has 0 aliphatic carbocycles. The van der Waals surface area contributed by atoms with Crippen molar-refractivity contribution in [3.05, 3.63) is 102 Å². The summed E-state index contributed by atoms with van der Waals surface area (Å²) in [6.07, 6.45) is -5.71. The van der Waals surface area contributed by atoms with Crippen molar-refractivity contribution < 1.29 is 35.1 Å². The molecule has 0 aliphatic rings. The molecule has 9 heteroatoms. The summed E-state index contributed by atoms with van der Waals surface area (Å²) in [5, 5.41) is 0. The van der Waals surface area contributed by atoms with E-state index in [2.05, 4.69) is 31.2 Å². The second-order valence-electron chi connectivity index (χ2n) is 9.83. The van der Waals surface area contributed by atoms with E-state index in [9.17, 15) is 30.4 Å². The highest BCUT2D eigenvalue weighted by Crippen LogP contribution is 2.39. The maximum absolute atomic E-state index is 13.0. The standard InChI is InChI=1S/C32H35F5O3S/c1-2-29(25-13-6-3-7-14-25)30(26-15-8-4-9-16-26)27-17-19-28(20-18-27)40-22-10-5-11-23-41(38,39)24-12-21-31(33,34)32(35,36)37/h3-4,6-9,13-20H,2,5,10-12,21-24H2,1H3/b30-29-. The van der Waals surface area contributed by atoms with E-state index in [1.54, 1.807) is 0 Å². The molecule has 0 unspecified atom stereocenters. The van der Waals surface area contributed by atoms with Gasteiger partial charge < -0.3 is 4.74 Å². The number of alkyl halides is 5. The first kappa shape index (κ1) is 32.3. The fourth-order valence-electron chi connectivity index (χ4n) is 4.55. The fourth-order valence-corrected chi connectivity index (χ4v) is 5.98. The van der Waals surface area contributed by atoms with Gasteiger partial charge in [0.2, 0.25) is 0 Å². The Bertz CT molecular complexity index is 1350. The Kier molecular flexibility index (Phi) is 11.5. The van der Waals surface area contributed by atoms with Crippen molar-refractivity contribution in [2.45, 2.75) is 57.5 Å². The molecular formula is C32H35F5O3S. The second-order valence-corrected chi connectivity index (χ2v) is 12.1. The van der Waals surface area contributed by atoms with E-state index in [-0.39, 0.29) is 12.2 Å². The van der Waals surface area contributed by atoms with Crippen molar-refractivity contribution in [3.8, 4) is 5.75 Å². The average Bonchev–Trinajstić information content (AvgIpc) is 2.94. The summed E-state index contributed by atoms with van der Waals surface area (Å²) in [7, 11) is -3.70. The Balaban J connectivity index is 1.52. The predicted molar refractivity (Wildman–Crippen MR) is 154 cm³/mol. The van der Waals surface area contributed by atoms with Gasteiger partial charge in [-0.3, -0.25) is 0 Å². The van der Waals surface area contributed by atoms with Crippen LogP contribution in [-0.4, -0.2) is 38.6 Å². The summed E-state index contributed by atoms with van der Waals surface area (Å²) in [5.41, 5.74) is 5.72. The molecule has 0 saturated heterocycles. The van der Waals surface area contributed by atoms with Crippen molar-refractivity contribution in [2.75, 3.05) is 18.1 Å². The van der Waals surface area contributed by atoms with Crippen LogP contribution in [0.2, 0.25) is 0 Å². The van der Waals surface area contributed by atoms with Crippen LogP contribution in [0.5, 0.6) is 5.75 Å². The molecule has 0 fully saturated rings. The Morgan fingerprint density at radius 2 is 1.22 bits per heavy atom. The molecule has 0 N–H and O–H groups in total.